The zero-order valence-corrected chi connectivity index (χ0v) is 23.4. The van der Waals surface area contributed by atoms with E-state index in [-0.39, 0.29) is 18.3 Å². The summed E-state index contributed by atoms with van der Waals surface area (Å²) < 4.78 is 30.9. The van der Waals surface area contributed by atoms with Crippen LogP contribution < -0.4 is 20.7 Å². The van der Waals surface area contributed by atoms with Gasteiger partial charge in [0, 0.05) is 43.0 Å². The standard InChI is InChI=1S/C30H32FN5O5/c1-29(2,3)41-28(38)36-30(12-15-40-17-30)11-8-18-16-32-13-9-19(18)24-25(23-21(34-24)10-14-33-27(23)37)35-22-7-5-6-20(31)26(22)39-4/h5-7,9,13,16,34-35H,10,12,14-15,17H2,1-4H3,(H,33,37)(H,36,38). The minimum atomic E-state index is -0.944. The fourth-order valence-corrected chi connectivity index (χ4v) is 4.85. The van der Waals surface area contributed by atoms with Crippen LogP contribution in [0.15, 0.2) is 36.7 Å². The molecule has 0 spiro atoms. The number of carbonyl (C=O) groups is 2. The average molecular weight is 562 g/mol. The van der Waals surface area contributed by atoms with Gasteiger partial charge >= 0.3 is 6.09 Å². The van der Waals surface area contributed by atoms with Gasteiger partial charge in [0.1, 0.15) is 11.1 Å². The van der Waals surface area contributed by atoms with E-state index in [2.05, 4.69) is 37.8 Å². The molecule has 4 N–H and O–H groups in total. The predicted molar refractivity (Wildman–Crippen MR) is 151 cm³/mol. The van der Waals surface area contributed by atoms with Gasteiger partial charge in [0.05, 0.1) is 48.5 Å². The van der Waals surface area contributed by atoms with Crippen molar-refractivity contribution in [2.24, 2.45) is 0 Å². The number of hydrogen-bond acceptors (Lipinski definition) is 7. The number of anilines is 2. The summed E-state index contributed by atoms with van der Waals surface area (Å²) in [5, 5.41) is 8.99. The van der Waals surface area contributed by atoms with E-state index < -0.39 is 23.1 Å². The Morgan fingerprint density at radius 2 is 2.10 bits per heavy atom. The minimum absolute atomic E-state index is 0.0238. The number of aromatic nitrogens is 2. The van der Waals surface area contributed by atoms with Crippen molar-refractivity contribution in [2.75, 3.05) is 32.2 Å². The Labute approximate surface area is 237 Å². The highest BCUT2D eigenvalue weighted by Gasteiger charge is 2.36. The first-order chi connectivity index (χ1) is 19.6. The number of carbonyl (C=O) groups excluding carboxylic acids is 2. The minimum Gasteiger partial charge on any atom is -0.492 e. The van der Waals surface area contributed by atoms with Crippen LogP contribution in [0.5, 0.6) is 5.75 Å². The van der Waals surface area contributed by atoms with Crippen LogP contribution in [-0.4, -0.2) is 60.0 Å². The summed E-state index contributed by atoms with van der Waals surface area (Å²) in [5.41, 5.74) is 2.19. The molecular weight excluding hydrogens is 529 g/mol. The lowest BCUT2D eigenvalue weighted by Crippen LogP contribution is -2.49. The molecule has 4 heterocycles. The number of halogens is 1. The molecule has 1 atom stereocenters. The molecule has 41 heavy (non-hydrogen) atoms. The Bertz CT molecular complexity index is 1540. The topological polar surface area (TPSA) is 127 Å². The number of amides is 2. The van der Waals surface area contributed by atoms with E-state index in [0.29, 0.717) is 59.8 Å². The first-order valence-electron chi connectivity index (χ1n) is 13.3. The van der Waals surface area contributed by atoms with E-state index in [1.165, 1.54) is 13.2 Å². The number of ether oxygens (including phenoxy) is 3. The number of nitrogens with one attached hydrogen (secondary N) is 4. The summed E-state index contributed by atoms with van der Waals surface area (Å²) >= 11 is 0. The predicted octanol–water partition coefficient (Wildman–Crippen LogP) is 4.29. The van der Waals surface area contributed by atoms with Crippen molar-refractivity contribution in [3.8, 4) is 28.8 Å². The maximum atomic E-state index is 14.5. The van der Waals surface area contributed by atoms with Crippen LogP contribution in [0, 0.1) is 17.7 Å². The third-order valence-corrected chi connectivity index (χ3v) is 6.68. The third-order valence-electron chi connectivity index (χ3n) is 6.68. The van der Waals surface area contributed by atoms with Crippen LogP contribution in [-0.2, 0) is 15.9 Å². The van der Waals surface area contributed by atoms with E-state index in [4.69, 9.17) is 14.2 Å². The van der Waals surface area contributed by atoms with Crippen molar-refractivity contribution in [2.45, 2.75) is 44.8 Å². The summed E-state index contributed by atoms with van der Waals surface area (Å²) in [4.78, 5) is 33.3. The molecular formula is C30H32FN5O5. The fourth-order valence-electron chi connectivity index (χ4n) is 4.85. The van der Waals surface area contributed by atoms with E-state index in [0.717, 1.165) is 5.69 Å². The zero-order chi connectivity index (χ0) is 29.2. The van der Waals surface area contributed by atoms with Gasteiger partial charge in [-0.2, -0.15) is 0 Å². The second-order valence-corrected chi connectivity index (χ2v) is 10.9. The number of pyridine rings is 1. The number of fused-ring (bicyclic) bond motifs is 1. The summed E-state index contributed by atoms with van der Waals surface area (Å²) in [7, 11) is 1.38. The fraction of sp³-hybridized carbons (Fsp3) is 0.367. The van der Waals surface area contributed by atoms with Crippen LogP contribution >= 0.6 is 0 Å². The van der Waals surface area contributed by atoms with Gasteiger partial charge < -0.3 is 35.1 Å². The highest BCUT2D eigenvalue weighted by molar-refractivity contribution is 6.06. The molecule has 10 nitrogen and oxygen atoms in total. The van der Waals surface area contributed by atoms with Crippen molar-refractivity contribution in [3.63, 3.8) is 0 Å². The zero-order valence-electron chi connectivity index (χ0n) is 23.4. The molecule has 2 aromatic heterocycles. The highest BCUT2D eigenvalue weighted by atomic mass is 19.1. The third kappa shape index (κ3) is 5.98. The van der Waals surface area contributed by atoms with E-state index >= 15 is 0 Å². The number of alkyl carbamates (subject to hydrolysis) is 1. The summed E-state index contributed by atoms with van der Waals surface area (Å²) in [6.45, 7) is 6.50. The van der Waals surface area contributed by atoms with Crippen LogP contribution in [0.3, 0.4) is 0 Å². The molecule has 0 radical (unpaired) electrons. The first kappa shape index (κ1) is 28.0. The molecule has 214 valence electrons. The monoisotopic (exact) mass is 561 g/mol. The SMILES string of the molecule is COc1c(F)cccc1Nc1c(-c2ccncc2C#CC2(NC(=O)OC(C)(C)C)CCOC2)[nH]c2c1C(=O)NCC2. The molecule has 11 heteroatoms. The molecule has 2 aliphatic rings. The molecule has 5 rings (SSSR count). The molecule has 3 aromatic rings. The Morgan fingerprint density at radius 3 is 2.83 bits per heavy atom. The second-order valence-electron chi connectivity index (χ2n) is 10.9. The van der Waals surface area contributed by atoms with Gasteiger partial charge in [0.2, 0.25) is 0 Å². The van der Waals surface area contributed by atoms with Gasteiger partial charge in [0.15, 0.2) is 11.6 Å². The second kappa shape index (κ2) is 11.1. The van der Waals surface area contributed by atoms with Crippen molar-refractivity contribution >= 4 is 23.4 Å². The molecule has 1 saturated heterocycles. The number of rotatable bonds is 5. The van der Waals surface area contributed by atoms with Gasteiger partial charge in [0.25, 0.3) is 5.91 Å². The van der Waals surface area contributed by atoms with Gasteiger partial charge in [-0.3, -0.25) is 9.78 Å². The number of hydrogen-bond donors (Lipinski definition) is 4. The Hall–Kier alpha value is -4.56. The molecule has 1 fully saturated rings. The number of H-pyrrole nitrogens is 1. The van der Waals surface area contributed by atoms with Gasteiger partial charge in [-0.05, 0) is 39.0 Å². The van der Waals surface area contributed by atoms with Gasteiger partial charge in [-0.25, -0.2) is 9.18 Å². The highest BCUT2D eigenvalue weighted by Crippen LogP contribution is 2.40. The Balaban J connectivity index is 1.57. The molecule has 0 saturated carbocycles. The quantitative estimate of drug-likeness (QED) is 0.343. The average Bonchev–Trinajstić information content (AvgIpc) is 3.52. The van der Waals surface area contributed by atoms with Crippen LogP contribution in [0.4, 0.5) is 20.6 Å². The summed E-state index contributed by atoms with van der Waals surface area (Å²) in [6, 6.07) is 6.31. The van der Waals surface area contributed by atoms with E-state index in [1.807, 2.05) is 0 Å². The number of nitrogens with zero attached hydrogens (tertiary/aromatic N) is 1. The number of benzene rings is 1. The van der Waals surface area contributed by atoms with Gasteiger partial charge in [-0.1, -0.05) is 17.9 Å². The lowest BCUT2D eigenvalue weighted by atomic mass is 9.98. The number of para-hydroxylation sites is 1. The van der Waals surface area contributed by atoms with Crippen molar-refractivity contribution < 1.29 is 28.2 Å². The largest absolute Gasteiger partial charge is 0.492 e. The first-order valence-corrected chi connectivity index (χ1v) is 13.3. The van der Waals surface area contributed by atoms with E-state index in [9.17, 15) is 14.0 Å². The molecule has 0 aliphatic carbocycles. The lowest BCUT2D eigenvalue weighted by molar-refractivity contribution is 0.0472. The van der Waals surface area contributed by atoms with Gasteiger partial charge in [-0.15, -0.1) is 0 Å². The normalized spacial score (nSPS) is 18.0. The van der Waals surface area contributed by atoms with Crippen molar-refractivity contribution in [1.29, 1.82) is 0 Å². The molecule has 1 unspecified atom stereocenters. The van der Waals surface area contributed by atoms with Crippen molar-refractivity contribution in [3.05, 3.63) is 59.3 Å². The number of aromatic amines is 1. The van der Waals surface area contributed by atoms with Crippen LogP contribution in [0.25, 0.3) is 11.3 Å². The maximum Gasteiger partial charge on any atom is 0.408 e. The van der Waals surface area contributed by atoms with Crippen LogP contribution in [0.2, 0.25) is 0 Å². The molecule has 2 amide bonds. The molecule has 2 aliphatic heterocycles. The van der Waals surface area contributed by atoms with E-state index in [1.54, 1.807) is 51.4 Å². The Morgan fingerprint density at radius 1 is 1.27 bits per heavy atom. The molecule has 0 bridgehead atoms. The lowest BCUT2D eigenvalue weighted by Gasteiger charge is -2.26. The summed E-state index contributed by atoms with van der Waals surface area (Å²) in [5.74, 6) is 5.61. The Kier molecular flexibility index (Phi) is 7.60. The summed E-state index contributed by atoms with van der Waals surface area (Å²) in [6.07, 6.45) is 3.73. The maximum absolute atomic E-state index is 14.5. The van der Waals surface area contributed by atoms with Crippen LogP contribution in [0.1, 0.15) is 48.8 Å². The van der Waals surface area contributed by atoms with Crippen molar-refractivity contribution in [1.82, 2.24) is 20.6 Å². The smallest absolute Gasteiger partial charge is 0.408 e. The molecule has 1 aromatic carbocycles. The number of methoxy groups -OCH3 is 1.